The first-order chi connectivity index (χ1) is 18.4. The Morgan fingerprint density at radius 1 is 1.05 bits per heavy atom. The van der Waals surface area contributed by atoms with Gasteiger partial charge in [0.2, 0.25) is 0 Å². The number of hydrogen-bond acceptors (Lipinski definition) is 5. The summed E-state index contributed by atoms with van der Waals surface area (Å²) in [6.45, 7) is 8.49. The molecule has 2 amide bonds. The summed E-state index contributed by atoms with van der Waals surface area (Å²) >= 11 is 0. The average molecular weight is 543 g/mol. The summed E-state index contributed by atoms with van der Waals surface area (Å²) in [5.74, 6) is 0.402. The van der Waals surface area contributed by atoms with Crippen molar-refractivity contribution >= 4 is 17.6 Å². The van der Waals surface area contributed by atoms with Gasteiger partial charge in [0.1, 0.15) is 22.7 Å². The van der Waals surface area contributed by atoms with Gasteiger partial charge < -0.3 is 24.0 Å². The molecule has 9 heteroatoms. The predicted octanol–water partition coefficient (Wildman–Crippen LogP) is 6.36. The van der Waals surface area contributed by atoms with Gasteiger partial charge in [0.05, 0.1) is 0 Å². The Hall–Kier alpha value is -3.62. The second-order valence-corrected chi connectivity index (χ2v) is 10.8. The van der Waals surface area contributed by atoms with Crippen molar-refractivity contribution in [3.05, 3.63) is 65.2 Å². The molecule has 2 aromatic rings. The molecule has 2 aliphatic rings. The second kappa shape index (κ2) is 11.2. The SMILES string of the molecule is CCN(CC)C(=O)c1ccc(C2=CC3(CCN(C(=O)OC(C)(C)C)CC3)Oc3cc(OC(F)F)ccc32)cc1. The van der Waals surface area contributed by atoms with E-state index in [0.717, 1.165) is 16.7 Å². The highest BCUT2D eigenvalue weighted by atomic mass is 19.3. The van der Waals surface area contributed by atoms with E-state index in [9.17, 15) is 18.4 Å². The fourth-order valence-corrected chi connectivity index (χ4v) is 4.94. The van der Waals surface area contributed by atoms with Crippen LogP contribution in [0.15, 0.2) is 48.5 Å². The highest BCUT2D eigenvalue weighted by Crippen LogP contribution is 2.45. The molecular weight excluding hydrogens is 506 g/mol. The molecule has 0 N–H and O–H groups in total. The number of carbonyl (C=O) groups is 2. The summed E-state index contributed by atoms with van der Waals surface area (Å²) in [7, 11) is 0. The Labute approximate surface area is 228 Å². The van der Waals surface area contributed by atoms with Crippen LogP contribution in [0.25, 0.3) is 5.57 Å². The van der Waals surface area contributed by atoms with E-state index < -0.39 is 17.8 Å². The maximum absolute atomic E-state index is 12.9. The molecule has 0 aromatic heterocycles. The monoisotopic (exact) mass is 542 g/mol. The first kappa shape index (κ1) is 28.4. The van der Waals surface area contributed by atoms with Crippen molar-refractivity contribution in [1.82, 2.24) is 9.80 Å². The van der Waals surface area contributed by atoms with Gasteiger partial charge in [0, 0.05) is 56.2 Å². The van der Waals surface area contributed by atoms with Crippen LogP contribution in [0.3, 0.4) is 0 Å². The van der Waals surface area contributed by atoms with Crippen molar-refractivity contribution < 1.29 is 32.6 Å². The molecule has 7 nitrogen and oxygen atoms in total. The van der Waals surface area contributed by atoms with Crippen molar-refractivity contribution in [3.8, 4) is 11.5 Å². The molecule has 0 radical (unpaired) electrons. The van der Waals surface area contributed by atoms with Crippen molar-refractivity contribution in [2.75, 3.05) is 26.2 Å². The van der Waals surface area contributed by atoms with Crippen LogP contribution in [0, 0.1) is 0 Å². The fraction of sp³-hybridized carbons (Fsp3) is 0.467. The van der Waals surface area contributed by atoms with E-state index in [4.69, 9.17) is 9.47 Å². The van der Waals surface area contributed by atoms with Gasteiger partial charge in [0.25, 0.3) is 5.91 Å². The van der Waals surface area contributed by atoms with E-state index in [-0.39, 0.29) is 17.7 Å². The number of ether oxygens (including phenoxy) is 3. The maximum atomic E-state index is 12.9. The molecule has 0 bridgehead atoms. The highest BCUT2D eigenvalue weighted by molar-refractivity contribution is 5.95. The molecule has 39 heavy (non-hydrogen) atoms. The predicted molar refractivity (Wildman–Crippen MR) is 144 cm³/mol. The molecule has 0 saturated carbocycles. The van der Waals surface area contributed by atoms with Gasteiger partial charge in [-0.1, -0.05) is 12.1 Å². The van der Waals surface area contributed by atoms with Gasteiger partial charge >= 0.3 is 12.7 Å². The molecule has 2 aromatic carbocycles. The second-order valence-electron chi connectivity index (χ2n) is 10.8. The number of amides is 2. The summed E-state index contributed by atoms with van der Waals surface area (Å²) in [6.07, 6.45) is 2.66. The Bertz CT molecular complexity index is 1220. The number of fused-ring (bicyclic) bond motifs is 1. The quantitative estimate of drug-likeness (QED) is 0.425. The van der Waals surface area contributed by atoms with Crippen LogP contribution in [-0.4, -0.2) is 65.8 Å². The van der Waals surface area contributed by atoms with Crippen LogP contribution in [0.4, 0.5) is 13.6 Å². The molecule has 0 aliphatic carbocycles. The lowest BCUT2D eigenvalue weighted by Gasteiger charge is -2.43. The summed E-state index contributed by atoms with van der Waals surface area (Å²) in [5.41, 5.74) is 1.72. The van der Waals surface area contributed by atoms with Crippen molar-refractivity contribution in [2.24, 2.45) is 0 Å². The molecule has 4 rings (SSSR count). The van der Waals surface area contributed by atoms with Crippen molar-refractivity contribution in [2.45, 2.75) is 65.3 Å². The summed E-state index contributed by atoms with van der Waals surface area (Å²) in [6, 6.07) is 12.1. The Balaban J connectivity index is 1.66. The van der Waals surface area contributed by atoms with Crippen LogP contribution in [0.2, 0.25) is 0 Å². The lowest BCUT2D eigenvalue weighted by Crippen LogP contribution is -2.50. The standard InChI is InChI=1S/C30H36F2N2O5/c1-6-33(7-2)26(35)21-10-8-20(9-11-21)24-19-30(14-16-34(17-15-30)28(36)39-29(3,4)5)38-25-18-22(37-27(31)32)12-13-23(24)25/h8-13,18-19,27H,6-7,14-17H2,1-5H3. The average Bonchev–Trinajstić information content (AvgIpc) is 2.88. The number of hydrogen-bond donors (Lipinski definition) is 0. The van der Waals surface area contributed by atoms with Gasteiger partial charge in [0.15, 0.2) is 0 Å². The zero-order valence-corrected chi connectivity index (χ0v) is 23.1. The van der Waals surface area contributed by atoms with Gasteiger partial charge in [-0.25, -0.2) is 4.79 Å². The lowest BCUT2D eigenvalue weighted by molar-refractivity contribution is -0.0501. The van der Waals surface area contributed by atoms with Crippen molar-refractivity contribution in [3.63, 3.8) is 0 Å². The van der Waals surface area contributed by atoms with E-state index in [2.05, 4.69) is 10.8 Å². The van der Waals surface area contributed by atoms with E-state index in [1.54, 1.807) is 28.0 Å². The largest absolute Gasteiger partial charge is 0.482 e. The van der Waals surface area contributed by atoms with Crippen LogP contribution >= 0.6 is 0 Å². The van der Waals surface area contributed by atoms with Crippen molar-refractivity contribution in [1.29, 1.82) is 0 Å². The smallest absolute Gasteiger partial charge is 0.410 e. The van der Waals surface area contributed by atoms with Gasteiger partial charge in [-0.2, -0.15) is 8.78 Å². The Morgan fingerprint density at radius 2 is 1.69 bits per heavy atom. The molecule has 2 aliphatic heterocycles. The minimum Gasteiger partial charge on any atom is -0.482 e. The number of likely N-dealkylation sites (tertiary alicyclic amines) is 1. The molecule has 1 saturated heterocycles. The first-order valence-electron chi connectivity index (χ1n) is 13.3. The van der Waals surface area contributed by atoms with Crippen LogP contribution in [-0.2, 0) is 4.74 Å². The van der Waals surface area contributed by atoms with Crippen LogP contribution in [0.1, 0.15) is 68.9 Å². The van der Waals surface area contributed by atoms with E-state index in [1.807, 2.05) is 46.8 Å². The molecule has 1 fully saturated rings. The number of piperidine rings is 1. The molecule has 0 atom stereocenters. The Kier molecular flexibility index (Phi) is 8.18. The highest BCUT2D eigenvalue weighted by Gasteiger charge is 2.41. The molecule has 0 unspecified atom stereocenters. The minimum absolute atomic E-state index is 0.00603. The molecular formula is C30H36F2N2O5. The number of halogens is 2. The van der Waals surface area contributed by atoms with E-state index in [0.29, 0.717) is 50.3 Å². The van der Waals surface area contributed by atoms with Gasteiger partial charge in [-0.05, 0) is 76.1 Å². The zero-order chi connectivity index (χ0) is 28.4. The molecule has 2 heterocycles. The van der Waals surface area contributed by atoms with Gasteiger partial charge in [-0.3, -0.25) is 4.79 Å². The van der Waals surface area contributed by atoms with E-state index >= 15 is 0 Å². The topological polar surface area (TPSA) is 68.3 Å². The van der Waals surface area contributed by atoms with Gasteiger partial charge in [-0.15, -0.1) is 0 Å². The van der Waals surface area contributed by atoms with E-state index in [1.165, 1.54) is 12.1 Å². The minimum atomic E-state index is -2.96. The number of alkyl halides is 2. The number of rotatable bonds is 6. The van der Waals surface area contributed by atoms with Crippen LogP contribution in [0.5, 0.6) is 11.5 Å². The maximum Gasteiger partial charge on any atom is 0.410 e. The first-order valence-corrected chi connectivity index (χ1v) is 13.3. The third-order valence-corrected chi connectivity index (χ3v) is 6.94. The number of benzene rings is 2. The molecule has 210 valence electrons. The summed E-state index contributed by atoms with van der Waals surface area (Å²) < 4.78 is 42.5. The number of carbonyl (C=O) groups excluding carboxylic acids is 2. The number of nitrogens with zero attached hydrogens (tertiary/aromatic N) is 2. The third-order valence-electron chi connectivity index (χ3n) is 6.94. The Morgan fingerprint density at radius 3 is 2.26 bits per heavy atom. The van der Waals surface area contributed by atoms with Crippen LogP contribution < -0.4 is 9.47 Å². The fourth-order valence-electron chi connectivity index (χ4n) is 4.94. The third kappa shape index (κ3) is 6.52. The molecule has 1 spiro atoms. The zero-order valence-electron chi connectivity index (χ0n) is 23.1. The normalized spacial score (nSPS) is 16.3. The summed E-state index contributed by atoms with van der Waals surface area (Å²) in [5, 5.41) is 0. The summed E-state index contributed by atoms with van der Waals surface area (Å²) in [4.78, 5) is 28.9. The lowest BCUT2D eigenvalue weighted by atomic mass is 9.83.